The molecule has 5 nitrogen and oxygen atoms in total. The second-order valence-electron chi connectivity index (χ2n) is 4.44. The average Bonchev–Trinajstić information content (AvgIpc) is 2.99. The molecule has 0 spiro atoms. The van der Waals surface area contributed by atoms with Crippen LogP contribution in [0.25, 0.3) is 0 Å². The SMILES string of the molecule is O=C(CSc1ccncc1)NCc1ccc2c(c1)OCO2. The van der Waals surface area contributed by atoms with Crippen molar-refractivity contribution in [1.29, 1.82) is 0 Å². The predicted octanol–water partition coefficient (Wildman–Crippen LogP) is 2.22. The van der Waals surface area contributed by atoms with Gasteiger partial charge in [0, 0.05) is 23.8 Å². The average molecular weight is 302 g/mol. The molecule has 21 heavy (non-hydrogen) atoms. The number of hydrogen-bond donors (Lipinski definition) is 1. The van der Waals surface area contributed by atoms with E-state index in [4.69, 9.17) is 9.47 Å². The standard InChI is InChI=1S/C15H14N2O3S/c18-15(9-21-12-3-5-16-6-4-12)17-8-11-1-2-13-14(7-11)20-10-19-13/h1-7H,8-10H2,(H,17,18). The first-order chi connectivity index (χ1) is 10.3. The van der Waals surface area contributed by atoms with Crippen molar-refractivity contribution in [3.05, 3.63) is 48.3 Å². The van der Waals surface area contributed by atoms with E-state index in [1.165, 1.54) is 11.8 Å². The van der Waals surface area contributed by atoms with Crippen LogP contribution in [0.15, 0.2) is 47.6 Å². The van der Waals surface area contributed by atoms with Gasteiger partial charge in [-0.3, -0.25) is 9.78 Å². The van der Waals surface area contributed by atoms with E-state index in [0.717, 1.165) is 22.0 Å². The summed E-state index contributed by atoms with van der Waals surface area (Å²) in [5, 5.41) is 2.89. The van der Waals surface area contributed by atoms with Crippen molar-refractivity contribution in [2.45, 2.75) is 11.4 Å². The second kappa shape index (κ2) is 6.49. The first kappa shape index (κ1) is 13.8. The van der Waals surface area contributed by atoms with E-state index < -0.39 is 0 Å². The number of fused-ring (bicyclic) bond motifs is 1. The number of carbonyl (C=O) groups is 1. The minimum atomic E-state index is -0.00511. The molecule has 2 aromatic rings. The molecule has 0 fully saturated rings. The number of nitrogens with zero attached hydrogens (tertiary/aromatic N) is 1. The van der Waals surface area contributed by atoms with Crippen LogP contribution in [0.2, 0.25) is 0 Å². The van der Waals surface area contributed by atoms with Gasteiger partial charge >= 0.3 is 0 Å². The van der Waals surface area contributed by atoms with Gasteiger partial charge < -0.3 is 14.8 Å². The third kappa shape index (κ3) is 3.66. The van der Waals surface area contributed by atoms with Gasteiger partial charge in [0.1, 0.15) is 0 Å². The molecule has 0 atom stereocenters. The van der Waals surface area contributed by atoms with Gasteiger partial charge in [-0.2, -0.15) is 0 Å². The van der Waals surface area contributed by atoms with Crippen LogP contribution in [0.4, 0.5) is 0 Å². The Balaban J connectivity index is 1.47. The number of benzene rings is 1. The molecule has 1 amide bonds. The molecule has 108 valence electrons. The van der Waals surface area contributed by atoms with Crippen LogP contribution in [0.1, 0.15) is 5.56 Å². The first-order valence-corrected chi connectivity index (χ1v) is 7.48. The Kier molecular flexibility index (Phi) is 4.25. The zero-order chi connectivity index (χ0) is 14.5. The molecule has 2 heterocycles. The normalized spacial score (nSPS) is 12.2. The number of hydrogen-bond acceptors (Lipinski definition) is 5. The Labute approximate surface area is 126 Å². The van der Waals surface area contributed by atoms with Gasteiger partial charge in [-0.25, -0.2) is 0 Å². The van der Waals surface area contributed by atoms with Crippen LogP contribution in [0.5, 0.6) is 11.5 Å². The molecular formula is C15H14N2O3S. The molecule has 1 aliphatic rings. The van der Waals surface area contributed by atoms with Crippen molar-refractivity contribution in [3.8, 4) is 11.5 Å². The molecule has 1 aliphatic heterocycles. The summed E-state index contributed by atoms with van der Waals surface area (Å²) in [6.45, 7) is 0.736. The van der Waals surface area contributed by atoms with E-state index in [9.17, 15) is 4.79 Å². The first-order valence-electron chi connectivity index (χ1n) is 6.49. The maximum absolute atomic E-state index is 11.8. The van der Waals surface area contributed by atoms with Crippen molar-refractivity contribution in [1.82, 2.24) is 10.3 Å². The lowest BCUT2D eigenvalue weighted by Crippen LogP contribution is -2.24. The Morgan fingerprint density at radius 3 is 2.86 bits per heavy atom. The molecule has 1 N–H and O–H groups in total. The highest BCUT2D eigenvalue weighted by molar-refractivity contribution is 8.00. The summed E-state index contributed by atoms with van der Waals surface area (Å²) in [6, 6.07) is 9.43. The topological polar surface area (TPSA) is 60.5 Å². The molecule has 0 saturated heterocycles. The molecule has 0 bridgehead atoms. The van der Waals surface area contributed by atoms with E-state index in [1.807, 2.05) is 30.3 Å². The molecule has 0 radical (unpaired) electrons. The molecule has 3 rings (SSSR count). The van der Waals surface area contributed by atoms with Gasteiger partial charge in [-0.05, 0) is 29.8 Å². The second-order valence-corrected chi connectivity index (χ2v) is 5.48. The Bertz CT molecular complexity index is 634. The highest BCUT2D eigenvalue weighted by atomic mass is 32.2. The fourth-order valence-electron chi connectivity index (χ4n) is 1.89. The van der Waals surface area contributed by atoms with Gasteiger partial charge in [0.25, 0.3) is 0 Å². The summed E-state index contributed by atoms with van der Waals surface area (Å²) >= 11 is 1.49. The number of thioether (sulfide) groups is 1. The maximum Gasteiger partial charge on any atom is 0.231 e. The lowest BCUT2D eigenvalue weighted by molar-refractivity contribution is -0.118. The van der Waals surface area contributed by atoms with Crippen LogP contribution < -0.4 is 14.8 Å². The Morgan fingerprint density at radius 2 is 2.00 bits per heavy atom. The van der Waals surface area contributed by atoms with Gasteiger partial charge in [0.15, 0.2) is 11.5 Å². The number of carbonyl (C=O) groups excluding carboxylic acids is 1. The quantitative estimate of drug-likeness (QED) is 0.858. The summed E-state index contributed by atoms with van der Waals surface area (Å²) in [4.78, 5) is 16.8. The van der Waals surface area contributed by atoms with Crippen LogP contribution in [-0.4, -0.2) is 23.4 Å². The minimum Gasteiger partial charge on any atom is -0.454 e. The monoisotopic (exact) mass is 302 g/mol. The predicted molar refractivity (Wildman–Crippen MR) is 79.4 cm³/mol. The smallest absolute Gasteiger partial charge is 0.231 e. The van der Waals surface area contributed by atoms with E-state index in [1.54, 1.807) is 12.4 Å². The van der Waals surface area contributed by atoms with Gasteiger partial charge in [-0.15, -0.1) is 11.8 Å². The number of aromatic nitrogens is 1. The minimum absolute atomic E-state index is 0.00511. The van der Waals surface area contributed by atoms with Crippen molar-refractivity contribution < 1.29 is 14.3 Å². The van der Waals surface area contributed by atoms with Gasteiger partial charge in [0.05, 0.1) is 5.75 Å². The molecule has 1 aromatic carbocycles. The summed E-state index contributed by atoms with van der Waals surface area (Å²) in [5.74, 6) is 1.86. The highest BCUT2D eigenvalue weighted by Gasteiger charge is 2.13. The fraction of sp³-hybridized carbons (Fsp3) is 0.200. The largest absolute Gasteiger partial charge is 0.454 e. The lowest BCUT2D eigenvalue weighted by atomic mass is 10.2. The zero-order valence-electron chi connectivity index (χ0n) is 11.2. The summed E-state index contributed by atoms with van der Waals surface area (Å²) in [5.41, 5.74) is 0.988. The van der Waals surface area contributed by atoms with Gasteiger partial charge in [-0.1, -0.05) is 6.07 Å². The zero-order valence-corrected chi connectivity index (χ0v) is 12.1. The van der Waals surface area contributed by atoms with E-state index >= 15 is 0 Å². The molecule has 0 aliphatic carbocycles. The van der Waals surface area contributed by atoms with Crippen molar-refractivity contribution in [2.24, 2.45) is 0 Å². The van der Waals surface area contributed by atoms with Crippen molar-refractivity contribution >= 4 is 17.7 Å². The molecule has 0 unspecified atom stereocenters. The Hall–Kier alpha value is -2.21. The molecule has 1 aromatic heterocycles. The maximum atomic E-state index is 11.8. The van der Waals surface area contributed by atoms with E-state index in [-0.39, 0.29) is 12.7 Å². The molecule has 0 saturated carbocycles. The number of nitrogens with one attached hydrogen (secondary N) is 1. The van der Waals surface area contributed by atoms with E-state index in [0.29, 0.717) is 12.3 Å². The fourth-order valence-corrected chi connectivity index (χ4v) is 2.60. The highest BCUT2D eigenvalue weighted by Crippen LogP contribution is 2.32. The number of ether oxygens (including phenoxy) is 2. The lowest BCUT2D eigenvalue weighted by Gasteiger charge is -2.06. The van der Waals surface area contributed by atoms with Crippen LogP contribution in [0.3, 0.4) is 0 Å². The van der Waals surface area contributed by atoms with Crippen molar-refractivity contribution in [3.63, 3.8) is 0 Å². The summed E-state index contributed by atoms with van der Waals surface area (Å²) in [6.07, 6.45) is 3.43. The number of amides is 1. The third-order valence-corrected chi connectivity index (χ3v) is 3.96. The number of pyridine rings is 1. The Morgan fingerprint density at radius 1 is 1.19 bits per heavy atom. The van der Waals surface area contributed by atoms with Crippen LogP contribution in [-0.2, 0) is 11.3 Å². The van der Waals surface area contributed by atoms with E-state index in [2.05, 4.69) is 10.3 Å². The molecular weight excluding hydrogens is 288 g/mol. The van der Waals surface area contributed by atoms with Crippen molar-refractivity contribution in [2.75, 3.05) is 12.5 Å². The third-order valence-electron chi connectivity index (χ3n) is 2.95. The van der Waals surface area contributed by atoms with Gasteiger partial charge in [0.2, 0.25) is 12.7 Å². The number of rotatable bonds is 5. The summed E-state index contributed by atoms with van der Waals surface area (Å²) < 4.78 is 10.6. The molecule has 6 heteroatoms. The summed E-state index contributed by atoms with van der Waals surface area (Å²) in [7, 11) is 0. The van der Waals surface area contributed by atoms with Crippen LogP contribution >= 0.6 is 11.8 Å². The van der Waals surface area contributed by atoms with Crippen LogP contribution in [0, 0.1) is 0 Å².